The van der Waals surface area contributed by atoms with Crippen LogP contribution in [0, 0.1) is 0 Å². The van der Waals surface area contributed by atoms with Gasteiger partial charge in [-0.3, -0.25) is 4.79 Å². The minimum atomic E-state index is -0.825. The van der Waals surface area contributed by atoms with Crippen molar-refractivity contribution in [1.82, 2.24) is 5.32 Å². The SMILES string of the molecule is C[C@@H](Oc1ccc(Cl)cc1)C(=O)OCC(=O)N[C@@H]1CCCc2ccccc21. The number of fused-ring (bicyclic) bond motifs is 1. The molecule has 0 aromatic heterocycles. The van der Waals surface area contributed by atoms with Crippen LogP contribution in [0.2, 0.25) is 5.02 Å². The Hall–Kier alpha value is -2.53. The largest absolute Gasteiger partial charge is 0.479 e. The highest BCUT2D eigenvalue weighted by Crippen LogP contribution is 2.29. The van der Waals surface area contributed by atoms with Crippen LogP contribution in [0.15, 0.2) is 48.5 Å². The minimum Gasteiger partial charge on any atom is -0.479 e. The van der Waals surface area contributed by atoms with Crippen molar-refractivity contribution >= 4 is 23.5 Å². The van der Waals surface area contributed by atoms with Gasteiger partial charge in [0, 0.05) is 5.02 Å². The van der Waals surface area contributed by atoms with E-state index in [1.807, 2.05) is 18.2 Å². The molecule has 6 heteroatoms. The average Bonchev–Trinajstić information content (AvgIpc) is 2.68. The summed E-state index contributed by atoms with van der Waals surface area (Å²) in [6.07, 6.45) is 2.10. The molecular formula is C21H22ClNO4. The molecule has 1 amide bonds. The lowest BCUT2D eigenvalue weighted by atomic mass is 9.88. The molecule has 5 nitrogen and oxygen atoms in total. The number of carbonyl (C=O) groups is 2. The van der Waals surface area contributed by atoms with Crippen molar-refractivity contribution in [2.75, 3.05) is 6.61 Å². The Bertz CT molecular complexity index is 806. The zero-order valence-electron chi connectivity index (χ0n) is 15.1. The maximum absolute atomic E-state index is 12.2. The molecule has 0 bridgehead atoms. The molecule has 0 saturated carbocycles. The van der Waals surface area contributed by atoms with E-state index < -0.39 is 12.1 Å². The van der Waals surface area contributed by atoms with Crippen molar-refractivity contribution in [2.24, 2.45) is 0 Å². The lowest BCUT2D eigenvalue weighted by Gasteiger charge is -2.26. The second-order valence-corrected chi connectivity index (χ2v) is 6.97. The molecule has 0 spiro atoms. The van der Waals surface area contributed by atoms with Gasteiger partial charge in [-0.2, -0.15) is 0 Å². The summed E-state index contributed by atoms with van der Waals surface area (Å²) in [7, 11) is 0. The molecule has 0 unspecified atom stereocenters. The number of amides is 1. The molecule has 142 valence electrons. The van der Waals surface area contributed by atoms with E-state index in [1.165, 1.54) is 5.56 Å². The zero-order valence-corrected chi connectivity index (χ0v) is 15.9. The Labute approximate surface area is 163 Å². The van der Waals surface area contributed by atoms with Gasteiger partial charge in [0.2, 0.25) is 0 Å². The monoisotopic (exact) mass is 387 g/mol. The smallest absolute Gasteiger partial charge is 0.347 e. The third-order valence-corrected chi connectivity index (χ3v) is 4.76. The predicted molar refractivity (Wildman–Crippen MR) is 103 cm³/mol. The second kappa shape index (κ2) is 8.91. The normalized spacial score (nSPS) is 16.7. The number of nitrogens with one attached hydrogen (secondary N) is 1. The van der Waals surface area contributed by atoms with Crippen molar-refractivity contribution in [3.8, 4) is 5.75 Å². The molecule has 27 heavy (non-hydrogen) atoms. The third kappa shape index (κ3) is 5.23. The van der Waals surface area contributed by atoms with Gasteiger partial charge in [0.25, 0.3) is 5.91 Å². The predicted octanol–water partition coefficient (Wildman–Crippen LogP) is 3.84. The van der Waals surface area contributed by atoms with Gasteiger partial charge in [0.15, 0.2) is 12.7 Å². The van der Waals surface area contributed by atoms with Crippen LogP contribution in [-0.2, 0) is 20.7 Å². The average molecular weight is 388 g/mol. The number of esters is 1. The highest BCUT2D eigenvalue weighted by atomic mass is 35.5. The molecule has 0 saturated heterocycles. The lowest BCUT2D eigenvalue weighted by Crippen LogP contribution is -2.36. The summed E-state index contributed by atoms with van der Waals surface area (Å²) in [4.78, 5) is 24.3. The van der Waals surface area contributed by atoms with Gasteiger partial charge in [0.1, 0.15) is 5.75 Å². The van der Waals surface area contributed by atoms with Gasteiger partial charge in [-0.1, -0.05) is 35.9 Å². The Balaban J connectivity index is 1.47. The minimum absolute atomic E-state index is 0.0381. The van der Waals surface area contributed by atoms with Crippen molar-refractivity contribution < 1.29 is 19.1 Å². The first-order valence-corrected chi connectivity index (χ1v) is 9.37. The Morgan fingerprint density at radius 1 is 1.19 bits per heavy atom. The molecule has 1 aliphatic rings. The highest BCUT2D eigenvalue weighted by molar-refractivity contribution is 6.30. The maximum atomic E-state index is 12.2. The van der Waals surface area contributed by atoms with E-state index >= 15 is 0 Å². The molecule has 2 atom stereocenters. The molecule has 1 aliphatic carbocycles. The van der Waals surface area contributed by atoms with E-state index in [-0.39, 0.29) is 18.6 Å². The van der Waals surface area contributed by atoms with Gasteiger partial charge < -0.3 is 14.8 Å². The topological polar surface area (TPSA) is 64.6 Å². The van der Waals surface area contributed by atoms with Gasteiger partial charge in [-0.15, -0.1) is 0 Å². The molecule has 0 radical (unpaired) electrons. The molecule has 0 fully saturated rings. The molecule has 1 N–H and O–H groups in total. The second-order valence-electron chi connectivity index (χ2n) is 6.53. The summed E-state index contributed by atoms with van der Waals surface area (Å²) >= 11 is 5.82. The molecule has 2 aromatic rings. The Morgan fingerprint density at radius 2 is 1.93 bits per heavy atom. The Morgan fingerprint density at radius 3 is 2.70 bits per heavy atom. The van der Waals surface area contributed by atoms with E-state index in [0.29, 0.717) is 10.8 Å². The van der Waals surface area contributed by atoms with Crippen LogP contribution < -0.4 is 10.1 Å². The van der Waals surface area contributed by atoms with Crippen molar-refractivity contribution in [3.05, 3.63) is 64.7 Å². The highest BCUT2D eigenvalue weighted by Gasteiger charge is 2.23. The molecular weight excluding hydrogens is 366 g/mol. The molecule has 0 aliphatic heterocycles. The summed E-state index contributed by atoms with van der Waals surface area (Å²) in [5, 5.41) is 3.54. The standard InChI is InChI=1S/C21H22ClNO4/c1-14(27-17-11-9-16(22)10-12-17)21(25)26-13-20(24)23-19-8-4-6-15-5-2-3-7-18(15)19/h2-3,5,7,9-12,14,19H,4,6,8,13H2,1H3,(H,23,24)/t14-,19-/m1/s1. The summed E-state index contributed by atoms with van der Waals surface area (Å²) in [6, 6.07) is 14.7. The van der Waals surface area contributed by atoms with E-state index in [9.17, 15) is 9.59 Å². The summed E-state index contributed by atoms with van der Waals surface area (Å²) in [6.45, 7) is 1.25. The van der Waals surface area contributed by atoms with E-state index in [2.05, 4.69) is 11.4 Å². The van der Waals surface area contributed by atoms with E-state index in [0.717, 1.165) is 24.8 Å². The first-order valence-electron chi connectivity index (χ1n) is 8.99. The van der Waals surface area contributed by atoms with Gasteiger partial charge in [0.05, 0.1) is 6.04 Å². The molecule has 3 rings (SSSR count). The van der Waals surface area contributed by atoms with Crippen LogP contribution in [0.3, 0.4) is 0 Å². The fourth-order valence-electron chi connectivity index (χ4n) is 3.16. The first kappa shape index (κ1) is 19.2. The number of rotatable bonds is 6. The molecule has 2 aromatic carbocycles. The van der Waals surface area contributed by atoms with Gasteiger partial charge >= 0.3 is 5.97 Å². The van der Waals surface area contributed by atoms with Crippen molar-refractivity contribution in [2.45, 2.75) is 38.3 Å². The first-order chi connectivity index (χ1) is 13.0. The number of aryl methyl sites for hydroxylation is 1. The summed E-state index contributed by atoms with van der Waals surface area (Å²) in [5.74, 6) is -0.403. The van der Waals surface area contributed by atoms with Crippen molar-refractivity contribution in [1.29, 1.82) is 0 Å². The van der Waals surface area contributed by atoms with Crippen LogP contribution in [0.1, 0.15) is 36.9 Å². The Kier molecular flexibility index (Phi) is 6.35. The van der Waals surface area contributed by atoms with Gasteiger partial charge in [-0.25, -0.2) is 4.79 Å². The van der Waals surface area contributed by atoms with Gasteiger partial charge in [-0.05, 0) is 61.6 Å². The van der Waals surface area contributed by atoms with Crippen LogP contribution in [-0.4, -0.2) is 24.6 Å². The summed E-state index contributed by atoms with van der Waals surface area (Å²) < 4.78 is 10.6. The number of hydrogen-bond donors (Lipinski definition) is 1. The summed E-state index contributed by atoms with van der Waals surface area (Å²) in [5.41, 5.74) is 2.40. The van der Waals surface area contributed by atoms with E-state index in [1.54, 1.807) is 31.2 Å². The van der Waals surface area contributed by atoms with E-state index in [4.69, 9.17) is 21.1 Å². The fourth-order valence-corrected chi connectivity index (χ4v) is 3.29. The van der Waals surface area contributed by atoms with Crippen LogP contribution >= 0.6 is 11.6 Å². The third-order valence-electron chi connectivity index (χ3n) is 4.51. The van der Waals surface area contributed by atoms with Crippen LogP contribution in [0.4, 0.5) is 0 Å². The maximum Gasteiger partial charge on any atom is 0.347 e. The zero-order chi connectivity index (χ0) is 19.2. The van der Waals surface area contributed by atoms with Crippen molar-refractivity contribution in [3.63, 3.8) is 0 Å². The number of halogens is 1. The molecule has 0 heterocycles. The van der Waals surface area contributed by atoms with Crippen LogP contribution in [0.5, 0.6) is 5.75 Å². The fraction of sp³-hybridized carbons (Fsp3) is 0.333. The number of carbonyl (C=O) groups excluding carboxylic acids is 2. The number of hydrogen-bond acceptors (Lipinski definition) is 4. The number of benzene rings is 2. The lowest BCUT2D eigenvalue weighted by molar-refractivity contribution is -0.154. The quantitative estimate of drug-likeness (QED) is 0.765. The number of ether oxygens (including phenoxy) is 2. The van der Waals surface area contributed by atoms with Crippen LogP contribution in [0.25, 0.3) is 0 Å².